The van der Waals surface area contributed by atoms with Crippen LogP contribution in [-0.4, -0.2) is 43.5 Å². The topological polar surface area (TPSA) is 70.6 Å². The molecule has 0 aromatic heterocycles. The number of aliphatic hydroxyl groups excluding tert-OH is 1. The number of nitrogens with one attached hydrogen (secondary N) is 2. The molecule has 2 unspecified atom stereocenters. The Hall–Kier alpha value is -1.59. The van der Waals surface area contributed by atoms with Gasteiger partial charge in [-0.3, -0.25) is 0 Å². The van der Waals surface area contributed by atoms with Crippen LogP contribution < -0.4 is 10.6 Å². The average molecular weight is 266 g/mol. The maximum atomic E-state index is 11.7. The third-order valence-electron chi connectivity index (χ3n) is 2.67. The smallest absolute Gasteiger partial charge is 0.315 e. The molecule has 2 amide bonds. The molecule has 0 saturated carbocycles. The molecule has 5 nitrogen and oxygen atoms in total. The molecule has 106 valence electrons. The van der Waals surface area contributed by atoms with Crippen LogP contribution in [0, 0.1) is 0 Å². The van der Waals surface area contributed by atoms with Gasteiger partial charge >= 0.3 is 6.03 Å². The Morgan fingerprint density at radius 2 is 2.00 bits per heavy atom. The van der Waals surface area contributed by atoms with Gasteiger partial charge in [0.15, 0.2) is 0 Å². The molecule has 0 aliphatic rings. The molecule has 0 saturated heterocycles. The van der Waals surface area contributed by atoms with E-state index in [1.807, 2.05) is 37.3 Å². The SMILES string of the molecule is COCC(C)NC(=O)NC(CO)Cc1ccccc1. The molecule has 5 heteroatoms. The van der Waals surface area contributed by atoms with Crippen molar-refractivity contribution < 1.29 is 14.6 Å². The third kappa shape index (κ3) is 6.22. The molecule has 1 aromatic carbocycles. The minimum atomic E-state index is -0.294. The maximum Gasteiger partial charge on any atom is 0.315 e. The molecule has 0 radical (unpaired) electrons. The van der Waals surface area contributed by atoms with E-state index in [0.29, 0.717) is 13.0 Å². The summed E-state index contributed by atoms with van der Waals surface area (Å²) in [6, 6.07) is 9.09. The lowest BCUT2D eigenvalue weighted by Crippen LogP contribution is -2.48. The molecule has 0 aliphatic heterocycles. The summed E-state index contributed by atoms with van der Waals surface area (Å²) in [5.41, 5.74) is 1.08. The van der Waals surface area contributed by atoms with Gasteiger partial charge in [-0.25, -0.2) is 4.79 Å². The Bertz CT molecular complexity index is 370. The second kappa shape index (κ2) is 8.50. The standard InChI is InChI=1S/C14H22N2O3/c1-11(10-19-2)15-14(18)16-13(9-17)8-12-6-4-3-5-7-12/h3-7,11,13,17H,8-10H2,1-2H3,(H2,15,16,18). The summed E-state index contributed by atoms with van der Waals surface area (Å²) in [6.45, 7) is 2.21. The Morgan fingerprint density at radius 1 is 1.32 bits per heavy atom. The van der Waals surface area contributed by atoms with E-state index in [4.69, 9.17) is 4.74 Å². The van der Waals surface area contributed by atoms with Crippen LogP contribution in [0.5, 0.6) is 0 Å². The molecule has 1 rings (SSSR count). The first-order valence-corrected chi connectivity index (χ1v) is 6.36. The number of benzene rings is 1. The maximum absolute atomic E-state index is 11.7. The van der Waals surface area contributed by atoms with Crippen LogP contribution in [0.1, 0.15) is 12.5 Å². The number of aliphatic hydroxyl groups is 1. The number of hydrogen-bond donors (Lipinski definition) is 3. The van der Waals surface area contributed by atoms with E-state index in [-0.39, 0.29) is 24.7 Å². The summed E-state index contributed by atoms with van der Waals surface area (Å²) < 4.78 is 4.94. The van der Waals surface area contributed by atoms with Crippen molar-refractivity contribution in [2.45, 2.75) is 25.4 Å². The molecule has 0 aliphatic carbocycles. The van der Waals surface area contributed by atoms with E-state index in [1.54, 1.807) is 7.11 Å². The molecule has 1 aromatic rings. The van der Waals surface area contributed by atoms with Gasteiger partial charge in [-0.1, -0.05) is 30.3 Å². The van der Waals surface area contributed by atoms with E-state index in [1.165, 1.54) is 0 Å². The Balaban J connectivity index is 2.41. The zero-order valence-electron chi connectivity index (χ0n) is 11.4. The Kier molecular flexibility index (Phi) is 6.92. The van der Waals surface area contributed by atoms with Gasteiger partial charge in [0.2, 0.25) is 0 Å². The number of methoxy groups -OCH3 is 1. The average Bonchev–Trinajstić information content (AvgIpc) is 2.39. The molecule has 0 bridgehead atoms. The van der Waals surface area contributed by atoms with E-state index >= 15 is 0 Å². The van der Waals surface area contributed by atoms with Crippen LogP contribution in [-0.2, 0) is 11.2 Å². The number of carbonyl (C=O) groups excluding carboxylic acids is 1. The minimum absolute atomic E-state index is 0.0685. The van der Waals surface area contributed by atoms with E-state index < -0.39 is 0 Å². The lowest BCUT2D eigenvalue weighted by molar-refractivity contribution is 0.168. The molecule has 2 atom stereocenters. The van der Waals surface area contributed by atoms with Gasteiger partial charge in [-0.15, -0.1) is 0 Å². The highest BCUT2D eigenvalue weighted by molar-refractivity contribution is 5.74. The van der Waals surface area contributed by atoms with E-state index in [2.05, 4.69) is 10.6 Å². The molecule has 0 heterocycles. The second-order valence-corrected chi connectivity index (χ2v) is 4.54. The summed E-state index contributed by atoms with van der Waals surface area (Å²) in [6.07, 6.45) is 0.601. The number of rotatable bonds is 7. The van der Waals surface area contributed by atoms with E-state index in [0.717, 1.165) is 5.56 Å². The van der Waals surface area contributed by atoms with Crippen molar-refractivity contribution in [1.29, 1.82) is 0 Å². The van der Waals surface area contributed by atoms with Gasteiger partial charge in [-0.05, 0) is 18.9 Å². The lowest BCUT2D eigenvalue weighted by Gasteiger charge is -2.19. The van der Waals surface area contributed by atoms with Crippen LogP contribution in [0.25, 0.3) is 0 Å². The normalized spacial score (nSPS) is 13.6. The number of carbonyl (C=O) groups is 1. The molecule has 19 heavy (non-hydrogen) atoms. The number of amides is 2. The van der Waals surface area contributed by atoms with Gasteiger partial charge in [0.25, 0.3) is 0 Å². The fraction of sp³-hybridized carbons (Fsp3) is 0.500. The van der Waals surface area contributed by atoms with Crippen molar-refractivity contribution in [2.24, 2.45) is 0 Å². The van der Waals surface area contributed by atoms with Crippen LogP contribution in [0.15, 0.2) is 30.3 Å². The Labute approximate surface area is 114 Å². The van der Waals surface area contributed by atoms with Crippen molar-refractivity contribution in [3.63, 3.8) is 0 Å². The lowest BCUT2D eigenvalue weighted by atomic mass is 10.1. The number of hydrogen-bond acceptors (Lipinski definition) is 3. The van der Waals surface area contributed by atoms with Crippen molar-refractivity contribution in [1.82, 2.24) is 10.6 Å². The second-order valence-electron chi connectivity index (χ2n) is 4.54. The highest BCUT2D eigenvalue weighted by atomic mass is 16.5. The van der Waals surface area contributed by atoms with Gasteiger partial charge in [0.05, 0.1) is 25.3 Å². The van der Waals surface area contributed by atoms with Gasteiger partial charge < -0.3 is 20.5 Å². The fourth-order valence-corrected chi connectivity index (χ4v) is 1.80. The van der Waals surface area contributed by atoms with Gasteiger partial charge in [0.1, 0.15) is 0 Å². The highest BCUT2D eigenvalue weighted by Gasteiger charge is 2.13. The van der Waals surface area contributed by atoms with Crippen LogP contribution >= 0.6 is 0 Å². The molecular formula is C14H22N2O3. The van der Waals surface area contributed by atoms with Crippen LogP contribution in [0.4, 0.5) is 4.79 Å². The molecular weight excluding hydrogens is 244 g/mol. The van der Waals surface area contributed by atoms with E-state index in [9.17, 15) is 9.90 Å². The van der Waals surface area contributed by atoms with Crippen molar-refractivity contribution in [3.8, 4) is 0 Å². The summed E-state index contributed by atoms with van der Waals surface area (Å²) in [5, 5.41) is 14.8. The van der Waals surface area contributed by atoms with Crippen molar-refractivity contribution >= 4 is 6.03 Å². The monoisotopic (exact) mass is 266 g/mol. The van der Waals surface area contributed by atoms with Gasteiger partial charge in [-0.2, -0.15) is 0 Å². The number of urea groups is 1. The minimum Gasteiger partial charge on any atom is -0.394 e. The first kappa shape index (κ1) is 15.5. The van der Waals surface area contributed by atoms with Crippen LogP contribution in [0.3, 0.4) is 0 Å². The van der Waals surface area contributed by atoms with Crippen molar-refractivity contribution in [3.05, 3.63) is 35.9 Å². The van der Waals surface area contributed by atoms with Crippen LogP contribution in [0.2, 0.25) is 0 Å². The summed E-state index contributed by atoms with van der Waals surface area (Å²) in [5.74, 6) is 0. The molecule has 0 fully saturated rings. The summed E-state index contributed by atoms with van der Waals surface area (Å²) in [7, 11) is 1.59. The first-order valence-electron chi connectivity index (χ1n) is 6.36. The Morgan fingerprint density at radius 3 is 2.58 bits per heavy atom. The third-order valence-corrected chi connectivity index (χ3v) is 2.67. The quantitative estimate of drug-likeness (QED) is 0.687. The highest BCUT2D eigenvalue weighted by Crippen LogP contribution is 2.02. The fourth-order valence-electron chi connectivity index (χ4n) is 1.80. The van der Waals surface area contributed by atoms with Gasteiger partial charge in [0, 0.05) is 7.11 Å². The zero-order chi connectivity index (χ0) is 14.1. The molecule has 0 spiro atoms. The van der Waals surface area contributed by atoms with Crippen molar-refractivity contribution in [2.75, 3.05) is 20.3 Å². The number of ether oxygens (including phenoxy) is 1. The summed E-state index contributed by atoms with van der Waals surface area (Å²) in [4.78, 5) is 11.7. The zero-order valence-corrected chi connectivity index (χ0v) is 11.4. The largest absolute Gasteiger partial charge is 0.394 e. The molecule has 3 N–H and O–H groups in total. The predicted octanol–water partition coefficient (Wildman–Crippen LogP) is 0.924. The summed E-state index contributed by atoms with van der Waals surface area (Å²) >= 11 is 0. The predicted molar refractivity (Wildman–Crippen MR) is 74.0 cm³/mol. The first-order chi connectivity index (χ1) is 9.15.